The topological polar surface area (TPSA) is 74.6 Å². The first-order chi connectivity index (χ1) is 15.6. The predicted molar refractivity (Wildman–Crippen MR) is 125 cm³/mol. The number of aryl methyl sites for hydroxylation is 1. The van der Waals surface area contributed by atoms with E-state index >= 15 is 0 Å². The predicted octanol–water partition coefficient (Wildman–Crippen LogP) is 3.93. The Kier molecular flexibility index (Phi) is 6.70. The third-order valence-corrected chi connectivity index (χ3v) is 5.59. The maximum atomic E-state index is 12.9. The van der Waals surface area contributed by atoms with Gasteiger partial charge in [-0.15, -0.1) is 0 Å². The molecule has 3 aromatic rings. The molecule has 4 rings (SSSR count). The number of hydrogen-bond donors (Lipinski definition) is 2. The Morgan fingerprint density at radius 3 is 2.69 bits per heavy atom. The van der Waals surface area contributed by atoms with Crippen LogP contribution in [0.25, 0.3) is 6.08 Å². The van der Waals surface area contributed by atoms with E-state index < -0.39 is 0 Å². The van der Waals surface area contributed by atoms with E-state index in [1.807, 2.05) is 19.1 Å². The second kappa shape index (κ2) is 10.0. The molecule has 1 aliphatic heterocycles. The number of anilines is 1. The van der Waals surface area contributed by atoms with Gasteiger partial charge in [0, 0.05) is 37.0 Å². The van der Waals surface area contributed by atoms with Gasteiger partial charge in [0.1, 0.15) is 11.5 Å². The Morgan fingerprint density at radius 1 is 1.06 bits per heavy atom. The molecule has 0 unspecified atom stereocenters. The lowest BCUT2D eigenvalue weighted by Gasteiger charge is -2.19. The van der Waals surface area contributed by atoms with Gasteiger partial charge >= 0.3 is 0 Å². The molecule has 6 nitrogen and oxygen atoms in total. The van der Waals surface area contributed by atoms with Gasteiger partial charge in [0.25, 0.3) is 11.8 Å². The summed E-state index contributed by atoms with van der Waals surface area (Å²) < 4.78 is 5.34. The molecule has 0 saturated heterocycles. The summed E-state index contributed by atoms with van der Waals surface area (Å²) in [5.74, 6) is -0.177. The van der Waals surface area contributed by atoms with Crippen molar-refractivity contribution in [3.8, 4) is 0 Å². The fourth-order valence-electron chi connectivity index (χ4n) is 3.90. The SMILES string of the molecule is Cc1ccccc1C(=O)N/C(=C\c1ccco1)C(=O)NCCCN1CCc2ccccc21. The van der Waals surface area contributed by atoms with Gasteiger partial charge in [0.15, 0.2) is 0 Å². The molecule has 0 radical (unpaired) electrons. The van der Waals surface area contributed by atoms with Crippen molar-refractivity contribution < 1.29 is 14.0 Å². The first kappa shape index (κ1) is 21.4. The van der Waals surface area contributed by atoms with Gasteiger partial charge < -0.3 is 20.0 Å². The molecule has 0 atom stereocenters. The maximum absolute atomic E-state index is 12.9. The van der Waals surface area contributed by atoms with Crippen LogP contribution in [0.3, 0.4) is 0 Å². The minimum absolute atomic E-state index is 0.153. The van der Waals surface area contributed by atoms with Crippen LogP contribution in [0.2, 0.25) is 0 Å². The molecule has 0 bridgehead atoms. The highest BCUT2D eigenvalue weighted by molar-refractivity contribution is 6.05. The highest BCUT2D eigenvalue weighted by Gasteiger charge is 2.19. The van der Waals surface area contributed by atoms with Crippen LogP contribution in [0.4, 0.5) is 5.69 Å². The van der Waals surface area contributed by atoms with Crippen molar-refractivity contribution in [2.24, 2.45) is 0 Å². The maximum Gasteiger partial charge on any atom is 0.267 e. The Morgan fingerprint density at radius 2 is 1.88 bits per heavy atom. The van der Waals surface area contributed by atoms with E-state index in [0.717, 1.165) is 31.5 Å². The summed E-state index contributed by atoms with van der Waals surface area (Å²) in [6.07, 6.45) is 4.93. The van der Waals surface area contributed by atoms with Crippen molar-refractivity contribution in [3.05, 3.63) is 95.1 Å². The molecule has 0 fully saturated rings. The van der Waals surface area contributed by atoms with Gasteiger partial charge in [-0.25, -0.2) is 0 Å². The number of amides is 2. The van der Waals surface area contributed by atoms with E-state index in [2.05, 4.69) is 39.8 Å². The van der Waals surface area contributed by atoms with Crippen LogP contribution in [0.5, 0.6) is 0 Å². The molecule has 6 heteroatoms. The van der Waals surface area contributed by atoms with Gasteiger partial charge in [-0.2, -0.15) is 0 Å². The van der Waals surface area contributed by atoms with Crippen molar-refractivity contribution >= 4 is 23.6 Å². The quantitative estimate of drug-likeness (QED) is 0.420. The summed E-state index contributed by atoms with van der Waals surface area (Å²) in [5, 5.41) is 5.67. The molecule has 2 heterocycles. The first-order valence-electron chi connectivity index (χ1n) is 10.8. The highest BCUT2D eigenvalue weighted by Crippen LogP contribution is 2.27. The van der Waals surface area contributed by atoms with E-state index in [0.29, 0.717) is 17.9 Å². The number of carbonyl (C=O) groups is 2. The lowest BCUT2D eigenvalue weighted by molar-refractivity contribution is -0.117. The standard InChI is InChI=1S/C26H27N3O3/c1-19-8-2-4-11-22(19)25(30)28-23(18-21-10-6-17-32-21)26(31)27-14-7-15-29-16-13-20-9-3-5-12-24(20)29/h2-6,8-12,17-18H,7,13-16H2,1H3,(H,27,31)(H,28,30)/b23-18-. The van der Waals surface area contributed by atoms with Crippen molar-refractivity contribution in [2.45, 2.75) is 19.8 Å². The average molecular weight is 430 g/mol. The minimum Gasteiger partial charge on any atom is -0.465 e. The fourth-order valence-corrected chi connectivity index (χ4v) is 3.90. The monoisotopic (exact) mass is 429 g/mol. The number of carbonyl (C=O) groups excluding carboxylic acids is 2. The van der Waals surface area contributed by atoms with E-state index in [4.69, 9.17) is 4.42 Å². The molecule has 0 saturated carbocycles. The van der Waals surface area contributed by atoms with Crippen LogP contribution in [0, 0.1) is 6.92 Å². The molecule has 32 heavy (non-hydrogen) atoms. The van der Waals surface area contributed by atoms with Gasteiger partial charge in [-0.1, -0.05) is 36.4 Å². The van der Waals surface area contributed by atoms with Crippen molar-refractivity contribution in [3.63, 3.8) is 0 Å². The number of para-hydroxylation sites is 1. The molecule has 2 N–H and O–H groups in total. The molecule has 2 amide bonds. The number of nitrogens with zero attached hydrogens (tertiary/aromatic N) is 1. The van der Waals surface area contributed by atoms with E-state index in [1.54, 1.807) is 30.3 Å². The Balaban J connectivity index is 1.36. The second-order valence-corrected chi connectivity index (χ2v) is 7.82. The summed E-state index contributed by atoms with van der Waals surface area (Å²) in [6.45, 7) is 4.24. The Hall–Kier alpha value is -3.80. The fraction of sp³-hybridized carbons (Fsp3) is 0.231. The number of hydrogen-bond acceptors (Lipinski definition) is 4. The second-order valence-electron chi connectivity index (χ2n) is 7.82. The average Bonchev–Trinajstić information content (AvgIpc) is 3.46. The summed E-state index contributed by atoms with van der Waals surface area (Å²) in [5.41, 5.74) is 4.17. The van der Waals surface area contributed by atoms with Crippen LogP contribution in [0.15, 0.2) is 77.0 Å². The molecule has 0 spiro atoms. The van der Waals surface area contributed by atoms with Gasteiger partial charge in [0.2, 0.25) is 0 Å². The normalized spacial score (nSPS) is 13.0. The number of benzene rings is 2. The molecular weight excluding hydrogens is 402 g/mol. The number of nitrogens with one attached hydrogen (secondary N) is 2. The van der Waals surface area contributed by atoms with Crippen LogP contribution >= 0.6 is 0 Å². The molecule has 164 valence electrons. The zero-order valence-corrected chi connectivity index (χ0v) is 18.1. The molecule has 0 aliphatic carbocycles. The third-order valence-electron chi connectivity index (χ3n) is 5.59. The zero-order valence-electron chi connectivity index (χ0n) is 18.1. The van der Waals surface area contributed by atoms with Gasteiger partial charge in [-0.05, 0) is 55.2 Å². The Bertz CT molecular complexity index is 1120. The smallest absolute Gasteiger partial charge is 0.267 e. The largest absolute Gasteiger partial charge is 0.465 e. The van der Waals surface area contributed by atoms with Crippen LogP contribution in [0.1, 0.15) is 33.7 Å². The van der Waals surface area contributed by atoms with E-state index in [-0.39, 0.29) is 17.5 Å². The molecule has 2 aromatic carbocycles. The summed E-state index contributed by atoms with van der Waals surface area (Å²) in [4.78, 5) is 28.0. The van der Waals surface area contributed by atoms with Crippen LogP contribution in [-0.4, -0.2) is 31.4 Å². The number of fused-ring (bicyclic) bond motifs is 1. The number of furan rings is 1. The molecular formula is C26H27N3O3. The minimum atomic E-state index is -0.342. The van der Waals surface area contributed by atoms with E-state index in [9.17, 15) is 9.59 Å². The first-order valence-corrected chi connectivity index (χ1v) is 10.8. The van der Waals surface area contributed by atoms with Crippen molar-refractivity contribution in [2.75, 3.05) is 24.5 Å². The lowest BCUT2D eigenvalue weighted by atomic mass is 10.1. The Labute approximate surface area is 187 Å². The molecule has 1 aliphatic rings. The van der Waals surface area contributed by atoms with Gasteiger partial charge in [-0.3, -0.25) is 9.59 Å². The van der Waals surface area contributed by atoms with Crippen LogP contribution in [-0.2, 0) is 11.2 Å². The zero-order chi connectivity index (χ0) is 22.3. The van der Waals surface area contributed by atoms with Gasteiger partial charge in [0.05, 0.1) is 6.26 Å². The highest BCUT2D eigenvalue weighted by atomic mass is 16.3. The van der Waals surface area contributed by atoms with Crippen LogP contribution < -0.4 is 15.5 Å². The van der Waals surface area contributed by atoms with Crippen molar-refractivity contribution in [1.29, 1.82) is 0 Å². The summed E-state index contributed by atoms with van der Waals surface area (Å²) >= 11 is 0. The molecule has 1 aromatic heterocycles. The summed E-state index contributed by atoms with van der Waals surface area (Å²) in [6, 6.07) is 19.2. The summed E-state index contributed by atoms with van der Waals surface area (Å²) in [7, 11) is 0. The van der Waals surface area contributed by atoms with Crippen molar-refractivity contribution in [1.82, 2.24) is 10.6 Å². The third kappa shape index (κ3) is 5.09. The lowest BCUT2D eigenvalue weighted by Crippen LogP contribution is -2.36. The number of rotatable bonds is 8. The van der Waals surface area contributed by atoms with E-state index in [1.165, 1.54) is 17.5 Å².